The summed E-state index contributed by atoms with van der Waals surface area (Å²) in [6.45, 7) is 6.09. The lowest BCUT2D eigenvalue weighted by atomic mass is 10.0. The van der Waals surface area contributed by atoms with E-state index >= 15 is 0 Å². The lowest BCUT2D eigenvalue weighted by molar-refractivity contribution is -0.118. The Hall–Kier alpha value is -1.71. The summed E-state index contributed by atoms with van der Waals surface area (Å²) in [5.74, 6) is 0.791. The fourth-order valence-electron chi connectivity index (χ4n) is 2.21. The number of rotatable bonds is 5. The number of amides is 1. The topological polar surface area (TPSA) is 38.3 Å². The number of halogens is 2. The van der Waals surface area contributed by atoms with Crippen molar-refractivity contribution in [3.8, 4) is 5.75 Å². The third-order valence-electron chi connectivity index (χ3n) is 3.30. The number of carbonyl (C=O) groups is 1. The average molecular weight is 352 g/mol. The highest BCUT2D eigenvalue weighted by Crippen LogP contribution is 2.27. The average Bonchev–Trinajstić information content (AvgIpc) is 2.43. The van der Waals surface area contributed by atoms with Gasteiger partial charge in [-0.05, 0) is 48.2 Å². The standard InChI is InChI=1S/C18H19Cl2NO2/c1-11(2)16-5-4-12(3)6-17(16)23-10-18(22)21-15-8-13(19)7-14(20)9-15/h4-9,11H,10H2,1-3H3,(H,21,22). The minimum atomic E-state index is -0.264. The van der Waals surface area contributed by atoms with E-state index in [1.807, 2.05) is 25.1 Å². The fraction of sp³-hybridized carbons (Fsp3) is 0.278. The Morgan fingerprint density at radius 3 is 2.39 bits per heavy atom. The van der Waals surface area contributed by atoms with Gasteiger partial charge >= 0.3 is 0 Å². The quantitative estimate of drug-likeness (QED) is 0.778. The van der Waals surface area contributed by atoms with Crippen molar-refractivity contribution in [2.24, 2.45) is 0 Å². The maximum absolute atomic E-state index is 12.1. The summed E-state index contributed by atoms with van der Waals surface area (Å²) in [4.78, 5) is 12.1. The van der Waals surface area contributed by atoms with Crippen LogP contribution in [0.5, 0.6) is 5.75 Å². The molecule has 2 aromatic carbocycles. The van der Waals surface area contributed by atoms with E-state index in [0.29, 0.717) is 21.7 Å². The molecule has 122 valence electrons. The summed E-state index contributed by atoms with van der Waals surface area (Å²) in [5.41, 5.74) is 2.71. The number of aryl methyl sites for hydroxylation is 1. The van der Waals surface area contributed by atoms with E-state index in [0.717, 1.165) is 16.9 Å². The summed E-state index contributed by atoms with van der Waals surface area (Å²) in [6, 6.07) is 10.9. The zero-order chi connectivity index (χ0) is 17.0. The van der Waals surface area contributed by atoms with Crippen LogP contribution in [-0.4, -0.2) is 12.5 Å². The van der Waals surface area contributed by atoms with Crippen LogP contribution in [0.4, 0.5) is 5.69 Å². The van der Waals surface area contributed by atoms with Crippen LogP contribution in [0.3, 0.4) is 0 Å². The summed E-state index contributed by atoms with van der Waals surface area (Å²) >= 11 is 11.8. The molecule has 23 heavy (non-hydrogen) atoms. The third-order valence-corrected chi connectivity index (χ3v) is 3.73. The Morgan fingerprint density at radius 1 is 1.13 bits per heavy atom. The molecule has 5 heteroatoms. The van der Waals surface area contributed by atoms with E-state index in [1.165, 1.54) is 0 Å². The first kappa shape index (κ1) is 17.6. The molecule has 0 radical (unpaired) electrons. The second kappa shape index (κ2) is 7.71. The van der Waals surface area contributed by atoms with Gasteiger partial charge in [0.15, 0.2) is 6.61 Å². The minimum absolute atomic E-state index is 0.0761. The molecule has 0 saturated heterocycles. The van der Waals surface area contributed by atoms with Crippen LogP contribution in [0.25, 0.3) is 0 Å². The van der Waals surface area contributed by atoms with Crippen molar-refractivity contribution in [1.82, 2.24) is 0 Å². The Bertz CT molecular complexity index is 694. The third kappa shape index (κ3) is 5.15. The predicted octanol–water partition coefficient (Wildman–Crippen LogP) is 5.44. The van der Waals surface area contributed by atoms with E-state index in [4.69, 9.17) is 27.9 Å². The van der Waals surface area contributed by atoms with Crippen LogP contribution in [0.15, 0.2) is 36.4 Å². The molecule has 0 aliphatic heterocycles. The van der Waals surface area contributed by atoms with Crippen molar-refractivity contribution < 1.29 is 9.53 Å². The Morgan fingerprint density at radius 2 is 1.78 bits per heavy atom. The fourth-order valence-corrected chi connectivity index (χ4v) is 2.74. The van der Waals surface area contributed by atoms with Crippen molar-refractivity contribution in [3.05, 3.63) is 57.6 Å². The molecule has 0 spiro atoms. The molecule has 1 amide bonds. The van der Waals surface area contributed by atoms with Gasteiger partial charge in [0.05, 0.1) is 0 Å². The van der Waals surface area contributed by atoms with Gasteiger partial charge in [-0.3, -0.25) is 4.79 Å². The summed E-state index contributed by atoms with van der Waals surface area (Å²) in [5, 5.41) is 3.66. The SMILES string of the molecule is Cc1ccc(C(C)C)c(OCC(=O)Nc2cc(Cl)cc(Cl)c2)c1. The number of nitrogens with one attached hydrogen (secondary N) is 1. The molecule has 0 saturated carbocycles. The van der Waals surface area contributed by atoms with Gasteiger partial charge < -0.3 is 10.1 Å². The zero-order valence-corrected chi connectivity index (χ0v) is 14.8. The van der Waals surface area contributed by atoms with E-state index in [9.17, 15) is 4.79 Å². The molecule has 0 aliphatic carbocycles. The van der Waals surface area contributed by atoms with Crippen LogP contribution < -0.4 is 10.1 Å². The molecule has 0 fully saturated rings. The zero-order valence-electron chi connectivity index (χ0n) is 13.3. The normalized spacial score (nSPS) is 10.7. The van der Waals surface area contributed by atoms with Crippen molar-refractivity contribution in [2.45, 2.75) is 26.7 Å². The van der Waals surface area contributed by atoms with E-state index in [1.54, 1.807) is 18.2 Å². The van der Waals surface area contributed by atoms with E-state index in [-0.39, 0.29) is 12.5 Å². The maximum atomic E-state index is 12.1. The van der Waals surface area contributed by atoms with Crippen LogP contribution >= 0.6 is 23.2 Å². The van der Waals surface area contributed by atoms with Gasteiger partial charge in [0.25, 0.3) is 5.91 Å². The summed E-state index contributed by atoms with van der Waals surface area (Å²) in [6.07, 6.45) is 0. The number of ether oxygens (including phenoxy) is 1. The minimum Gasteiger partial charge on any atom is -0.483 e. The number of hydrogen-bond donors (Lipinski definition) is 1. The first-order valence-electron chi connectivity index (χ1n) is 7.34. The highest BCUT2D eigenvalue weighted by molar-refractivity contribution is 6.35. The smallest absolute Gasteiger partial charge is 0.262 e. The number of hydrogen-bond acceptors (Lipinski definition) is 2. The molecule has 1 N–H and O–H groups in total. The van der Waals surface area contributed by atoms with Gasteiger partial charge in [-0.1, -0.05) is 49.2 Å². The maximum Gasteiger partial charge on any atom is 0.262 e. The lowest BCUT2D eigenvalue weighted by Gasteiger charge is -2.15. The van der Waals surface area contributed by atoms with E-state index < -0.39 is 0 Å². The second-order valence-electron chi connectivity index (χ2n) is 5.69. The molecule has 0 aromatic heterocycles. The molecule has 3 nitrogen and oxygen atoms in total. The molecule has 0 heterocycles. The van der Waals surface area contributed by atoms with Gasteiger partial charge in [-0.15, -0.1) is 0 Å². The van der Waals surface area contributed by atoms with Gasteiger partial charge in [0.1, 0.15) is 5.75 Å². The van der Waals surface area contributed by atoms with Crippen LogP contribution in [0.1, 0.15) is 30.9 Å². The Kier molecular flexibility index (Phi) is 5.91. The molecule has 2 aromatic rings. The molecule has 0 aliphatic rings. The predicted molar refractivity (Wildman–Crippen MR) is 95.9 cm³/mol. The first-order valence-corrected chi connectivity index (χ1v) is 8.10. The van der Waals surface area contributed by atoms with Gasteiger partial charge in [0.2, 0.25) is 0 Å². The van der Waals surface area contributed by atoms with Gasteiger partial charge in [-0.2, -0.15) is 0 Å². The van der Waals surface area contributed by atoms with Crippen LogP contribution in [0, 0.1) is 6.92 Å². The molecule has 2 rings (SSSR count). The molecular formula is C18H19Cl2NO2. The van der Waals surface area contributed by atoms with Crippen molar-refractivity contribution in [1.29, 1.82) is 0 Å². The Labute approximate surface area is 146 Å². The molecular weight excluding hydrogens is 333 g/mol. The monoisotopic (exact) mass is 351 g/mol. The molecule has 0 unspecified atom stereocenters. The van der Waals surface area contributed by atoms with Gasteiger partial charge in [0, 0.05) is 15.7 Å². The van der Waals surface area contributed by atoms with Crippen LogP contribution in [-0.2, 0) is 4.79 Å². The van der Waals surface area contributed by atoms with Crippen molar-refractivity contribution in [3.63, 3.8) is 0 Å². The van der Waals surface area contributed by atoms with Gasteiger partial charge in [-0.25, -0.2) is 0 Å². The number of carbonyl (C=O) groups excluding carboxylic acids is 1. The first-order chi connectivity index (χ1) is 10.8. The largest absolute Gasteiger partial charge is 0.483 e. The number of anilines is 1. The summed E-state index contributed by atoms with van der Waals surface area (Å²) in [7, 11) is 0. The molecule has 0 bridgehead atoms. The van der Waals surface area contributed by atoms with Crippen molar-refractivity contribution >= 4 is 34.8 Å². The summed E-state index contributed by atoms with van der Waals surface area (Å²) < 4.78 is 5.70. The highest BCUT2D eigenvalue weighted by Gasteiger charge is 2.11. The lowest BCUT2D eigenvalue weighted by Crippen LogP contribution is -2.20. The highest BCUT2D eigenvalue weighted by atomic mass is 35.5. The second-order valence-corrected chi connectivity index (χ2v) is 6.56. The van der Waals surface area contributed by atoms with Crippen LogP contribution in [0.2, 0.25) is 10.0 Å². The number of benzene rings is 2. The molecule has 0 atom stereocenters. The Balaban J connectivity index is 2.03. The van der Waals surface area contributed by atoms with Crippen molar-refractivity contribution in [2.75, 3.05) is 11.9 Å². The van der Waals surface area contributed by atoms with E-state index in [2.05, 4.69) is 19.2 Å².